The Bertz CT molecular complexity index is 996. The van der Waals surface area contributed by atoms with Gasteiger partial charge in [0, 0.05) is 24.8 Å². The van der Waals surface area contributed by atoms with Gasteiger partial charge in [-0.2, -0.15) is 9.50 Å². The number of aliphatic hydroxyl groups is 1. The molecule has 8 nitrogen and oxygen atoms in total. The van der Waals surface area contributed by atoms with E-state index in [2.05, 4.69) is 20.7 Å². The van der Waals surface area contributed by atoms with Gasteiger partial charge in [-0.25, -0.2) is 0 Å². The number of fused-ring (bicyclic) bond motifs is 2. The molecule has 0 unspecified atom stereocenters. The SMILES string of the molecule is [O-]N1Cc2ccc(Nc3nc4cccc(NC5CCC(O)CC5)n4n3)cc2C1. The average Bonchev–Trinajstić information content (AvgIpc) is 3.26. The number of nitrogens with one attached hydrogen (secondary N) is 2. The first-order chi connectivity index (χ1) is 13.6. The number of hydrogen-bond acceptors (Lipinski definition) is 7. The zero-order chi connectivity index (χ0) is 19.1. The number of hydroxylamine groups is 2. The van der Waals surface area contributed by atoms with Crippen LogP contribution in [0.3, 0.4) is 0 Å². The van der Waals surface area contributed by atoms with Gasteiger partial charge in [-0.15, -0.1) is 5.10 Å². The number of aliphatic hydroxyl groups excluding tert-OH is 1. The van der Waals surface area contributed by atoms with Gasteiger partial charge in [0.2, 0.25) is 5.95 Å². The standard InChI is InChI=1S/C20H23N6O2/c27-17-8-6-15(7-9-17)21-18-2-1-3-19-23-20(24-26(18)19)22-16-5-4-13-11-25(28)12-14(13)10-16/h1-5,10,15,17,21,27H,6-9,11-12H2,(H,22,24)/q-1. The van der Waals surface area contributed by atoms with E-state index in [1.807, 2.05) is 36.4 Å². The summed E-state index contributed by atoms with van der Waals surface area (Å²) in [5.41, 5.74) is 3.76. The maximum atomic E-state index is 11.6. The van der Waals surface area contributed by atoms with E-state index in [0.29, 0.717) is 25.1 Å². The van der Waals surface area contributed by atoms with E-state index < -0.39 is 0 Å². The van der Waals surface area contributed by atoms with Gasteiger partial charge in [-0.1, -0.05) is 12.1 Å². The Labute approximate surface area is 162 Å². The van der Waals surface area contributed by atoms with Crippen molar-refractivity contribution < 1.29 is 5.11 Å². The Morgan fingerprint density at radius 3 is 2.71 bits per heavy atom. The lowest BCUT2D eigenvalue weighted by molar-refractivity contribution is 0.126. The fourth-order valence-corrected chi connectivity index (χ4v) is 4.07. The van der Waals surface area contributed by atoms with Crippen LogP contribution in [0.2, 0.25) is 0 Å². The minimum absolute atomic E-state index is 0.169. The Morgan fingerprint density at radius 1 is 1.04 bits per heavy atom. The van der Waals surface area contributed by atoms with E-state index >= 15 is 0 Å². The van der Waals surface area contributed by atoms with Gasteiger partial charge in [0.15, 0.2) is 5.65 Å². The highest BCUT2D eigenvalue weighted by atomic mass is 16.5. The van der Waals surface area contributed by atoms with Gasteiger partial charge in [0.25, 0.3) is 0 Å². The quantitative estimate of drug-likeness (QED) is 0.640. The molecule has 0 radical (unpaired) electrons. The number of anilines is 3. The third kappa shape index (κ3) is 3.42. The third-order valence-corrected chi connectivity index (χ3v) is 5.56. The summed E-state index contributed by atoms with van der Waals surface area (Å²) in [6.45, 7) is 0.878. The summed E-state index contributed by atoms with van der Waals surface area (Å²) in [5, 5.41) is 33.7. The summed E-state index contributed by atoms with van der Waals surface area (Å²) in [6, 6.07) is 12.1. The molecule has 146 valence electrons. The smallest absolute Gasteiger partial charge is 0.247 e. The van der Waals surface area contributed by atoms with Gasteiger partial charge >= 0.3 is 0 Å². The average molecular weight is 379 g/mol. The summed E-state index contributed by atoms with van der Waals surface area (Å²) in [7, 11) is 0. The zero-order valence-electron chi connectivity index (χ0n) is 15.5. The van der Waals surface area contributed by atoms with Crippen molar-refractivity contribution in [2.75, 3.05) is 10.6 Å². The summed E-state index contributed by atoms with van der Waals surface area (Å²) in [6.07, 6.45) is 3.39. The van der Waals surface area contributed by atoms with Crippen molar-refractivity contribution in [2.45, 2.75) is 50.9 Å². The van der Waals surface area contributed by atoms with Gasteiger partial charge in [-0.05, 0) is 61.1 Å². The Balaban J connectivity index is 1.36. The highest BCUT2D eigenvalue weighted by molar-refractivity contribution is 5.60. The first kappa shape index (κ1) is 17.4. The molecule has 1 aliphatic carbocycles. The summed E-state index contributed by atoms with van der Waals surface area (Å²) < 4.78 is 1.81. The van der Waals surface area contributed by atoms with Gasteiger partial charge in [0.05, 0.1) is 6.10 Å². The molecule has 1 fully saturated rings. The number of rotatable bonds is 4. The molecule has 8 heteroatoms. The predicted octanol–water partition coefficient (Wildman–Crippen LogP) is 3.00. The molecule has 3 heterocycles. The fraction of sp³-hybridized carbons (Fsp3) is 0.400. The molecule has 1 aromatic carbocycles. The largest absolute Gasteiger partial charge is 0.785 e. The lowest BCUT2D eigenvalue weighted by Crippen LogP contribution is -2.29. The molecular formula is C20H23N6O2-. The molecule has 5 rings (SSSR count). The van der Waals surface area contributed by atoms with Crippen LogP contribution in [0, 0.1) is 5.21 Å². The lowest BCUT2D eigenvalue weighted by Gasteiger charge is -2.26. The Kier molecular flexibility index (Phi) is 4.38. The van der Waals surface area contributed by atoms with Crippen LogP contribution in [0.15, 0.2) is 36.4 Å². The molecule has 0 amide bonds. The van der Waals surface area contributed by atoms with E-state index in [1.54, 1.807) is 4.52 Å². The van der Waals surface area contributed by atoms with Crippen LogP contribution in [0.5, 0.6) is 0 Å². The second-order valence-electron chi connectivity index (χ2n) is 7.67. The van der Waals surface area contributed by atoms with Crippen LogP contribution < -0.4 is 10.6 Å². The van der Waals surface area contributed by atoms with E-state index in [1.165, 1.54) is 0 Å². The van der Waals surface area contributed by atoms with Crippen molar-refractivity contribution in [3.8, 4) is 0 Å². The summed E-state index contributed by atoms with van der Waals surface area (Å²) in [5.74, 6) is 1.42. The Morgan fingerprint density at radius 2 is 1.86 bits per heavy atom. The van der Waals surface area contributed by atoms with Crippen LogP contribution in [0.1, 0.15) is 36.8 Å². The normalized spacial score (nSPS) is 22.4. The Hall–Kier alpha value is -2.68. The zero-order valence-corrected chi connectivity index (χ0v) is 15.5. The second-order valence-corrected chi connectivity index (χ2v) is 7.67. The van der Waals surface area contributed by atoms with Crippen molar-refractivity contribution in [1.29, 1.82) is 0 Å². The highest BCUT2D eigenvalue weighted by Gasteiger charge is 2.20. The molecule has 0 saturated heterocycles. The van der Waals surface area contributed by atoms with Crippen molar-refractivity contribution >= 4 is 23.1 Å². The minimum Gasteiger partial charge on any atom is -0.785 e. The van der Waals surface area contributed by atoms with E-state index in [0.717, 1.165) is 59.0 Å². The van der Waals surface area contributed by atoms with E-state index in [-0.39, 0.29) is 6.10 Å². The molecule has 2 aromatic heterocycles. The third-order valence-electron chi connectivity index (χ3n) is 5.56. The van der Waals surface area contributed by atoms with Crippen LogP contribution >= 0.6 is 0 Å². The van der Waals surface area contributed by atoms with Crippen LogP contribution in [0.4, 0.5) is 17.5 Å². The molecule has 0 spiro atoms. The van der Waals surface area contributed by atoms with Gasteiger partial charge in [-0.3, -0.25) is 0 Å². The molecule has 0 atom stereocenters. The summed E-state index contributed by atoms with van der Waals surface area (Å²) >= 11 is 0. The molecular weight excluding hydrogens is 356 g/mol. The molecule has 28 heavy (non-hydrogen) atoms. The fourth-order valence-electron chi connectivity index (χ4n) is 4.07. The van der Waals surface area contributed by atoms with Crippen LogP contribution in [0.25, 0.3) is 5.65 Å². The highest BCUT2D eigenvalue weighted by Crippen LogP contribution is 2.27. The molecule has 3 N–H and O–H groups in total. The number of benzene rings is 1. The first-order valence-corrected chi connectivity index (χ1v) is 9.75. The van der Waals surface area contributed by atoms with Crippen LogP contribution in [-0.4, -0.2) is 36.9 Å². The maximum Gasteiger partial charge on any atom is 0.247 e. The molecule has 1 aliphatic heterocycles. The monoisotopic (exact) mass is 379 g/mol. The van der Waals surface area contributed by atoms with E-state index in [9.17, 15) is 10.3 Å². The number of pyridine rings is 1. The minimum atomic E-state index is -0.169. The van der Waals surface area contributed by atoms with E-state index in [4.69, 9.17) is 0 Å². The summed E-state index contributed by atoms with van der Waals surface area (Å²) in [4.78, 5) is 4.57. The van der Waals surface area contributed by atoms with Crippen molar-refractivity contribution in [2.24, 2.45) is 0 Å². The lowest BCUT2D eigenvalue weighted by atomic mass is 9.93. The molecule has 0 bridgehead atoms. The molecule has 2 aliphatic rings. The predicted molar refractivity (Wildman–Crippen MR) is 107 cm³/mol. The number of hydrogen-bond donors (Lipinski definition) is 3. The molecule has 1 saturated carbocycles. The first-order valence-electron chi connectivity index (χ1n) is 9.75. The maximum absolute atomic E-state index is 11.6. The van der Waals surface area contributed by atoms with Crippen molar-refractivity contribution in [3.05, 3.63) is 52.7 Å². The van der Waals surface area contributed by atoms with Crippen molar-refractivity contribution in [1.82, 2.24) is 19.7 Å². The molecule has 3 aromatic rings. The number of aromatic nitrogens is 3. The van der Waals surface area contributed by atoms with Gasteiger partial charge < -0.3 is 26.0 Å². The number of nitrogens with zero attached hydrogens (tertiary/aromatic N) is 4. The second kappa shape index (κ2) is 7.05. The van der Waals surface area contributed by atoms with Crippen LogP contribution in [-0.2, 0) is 13.1 Å². The van der Waals surface area contributed by atoms with Crippen molar-refractivity contribution in [3.63, 3.8) is 0 Å². The van der Waals surface area contributed by atoms with Gasteiger partial charge in [0.1, 0.15) is 5.82 Å². The topological polar surface area (TPSA) is 101 Å².